The van der Waals surface area contributed by atoms with Gasteiger partial charge in [-0.15, -0.1) is 0 Å². The molecule has 2 N–H and O–H groups in total. The first-order valence-corrected chi connectivity index (χ1v) is 8.27. The van der Waals surface area contributed by atoms with Gasteiger partial charge in [0.15, 0.2) is 11.6 Å². The topological polar surface area (TPSA) is 66.2 Å². The first kappa shape index (κ1) is 17.0. The molecule has 0 saturated carbocycles. The molecule has 2 aromatic carbocycles. The van der Waals surface area contributed by atoms with Crippen LogP contribution >= 0.6 is 0 Å². The number of benzene rings is 2. The molecule has 0 amide bonds. The average molecular weight is 367 g/mol. The molecule has 0 aliphatic rings. The van der Waals surface area contributed by atoms with Gasteiger partial charge in [0.2, 0.25) is 0 Å². The maximum atomic E-state index is 14.9. The van der Waals surface area contributed by atoms with Crippen molar-refractivity contribution in [2.45, 2.75) is 13.8 Å². The molecule has 6 heteroatoms. The summed E-state index contributed by atoms with van der Waals surface area (Å²) in [5, 5.41) is 9.12. The average Bonchev–Trinajstić information content (AvgIpc) is 3.25. The minimum absolute atomic E-state index is 0.00945. The predicted molar refractivity (Wildman–Crippen MR) is 97.8 cm³/mol. The fraction of sp³-hybridized carbons (Fsp3) is 0.0952. The summed E-state index contributed by atoms with van der Waals surface area (Å²) >= 11 is 0. The Balaban J connectivity index is 1.80. The van der Waals surface area contributed by atoms with E-state index < -0.39 is 17.6 Å². The largest absolute Gasteiger partial charge is 0.478 e. The van der Waals surface area contributed by atoms with Gasteiger partial charge in [0.25, 0.3) is 0 Å². The van der Waals surface area contributed by atoms with Crippen LogP contribution in [0.5, 0.6) is 0 Å². The number of fused-ring (bicyclic) bond motifs is 1. The number of carboxylic acids is 1. The van der Waals surface area contributed by atoms with Gasteiger partial charge in [-0.05, 0) is 60.9 Å². The van der Waals surface area contributed by atoms with Crippen molar-refractivity contribution in [3.8, 4) is 22.7 Å². The summed E-state index contributed by atoms with van der Waals surface area (Å²) in [4.78, 5) is 14.0. The lowest BCUT2D eigenvalue weighted by atomic mass is 10.1. The van der Waals surface area contributed by atoms with E-state index in [9.17, 15) is 13.6 Å². The van der Waals surface area contributed by atoms with E-state index in [1.54, 1.807) is 31.2 Å². The molecule has 4 rings (SSSR count). The van der Waals surface area contributed by atoms with Gasteiger partial charge in [-0.1, -0.05) is 12.1 Å². The Hall–Kier alpha value is -3.41. The van der Waals surface area contributed by atoms with Crippen LogP contribution in [0.15, 0.2) is 46.9 Å². The Morgan fingerprint density at radius 1 is 1.04 bits per heavy atom. The highest BCUT2D eigenvalue weighted by molar-refractivity contribution is 5.89. The van der Waals surface area contributed by atoms with Gasteiger partial charge in [-0.2, -0.15) is 0 Å². The number of carboxylic acid groups (broad SMARTS) is 1. The lowest BCUT2D eigenvalue weighted by molar-refractivity contribution is 0.0697. The van der Waals surface area contributed by atoms with Crippen LogP contribution in [0.3, 0.4) is 0 Å². The third kappa shape index (κ3) is 2.70. The van der Waals surface area contributed by atoms with Crippen molar-refractivity contribution in [1.82, 2.24) is 4.98 Å². The quantitative estimate of drug-likeness (QED) is 0.489. The normalized spacial score (nSPS) is 11.3. The van der Waals surface area contributed by atoms with Crippen molar-refractivity contribution in [1.29, 1.82) is 0 Å². The van der Waals surface area contributed by atoms with Crippen LogP contribution in [0, 0.1) is 25.5 Å². The van der Waals surface area contributed by atoms with Gasteiger partial charge < -0.3 is 14.5 Å². The van der Waals surface area contributed by atoms with Crippen molar-refractivity contribution in [2.24, 2.45) is 0 Å². The highest BCUT2D eigenvalue weighted by atomic mass is 19.1. The van der Waals surface area contributed by atoms with Gasteiger partial charge in [-0.3, -0.25) is 0 Å². The molecule has 0 unspecified atom stereocenters. The molecule has 0 spiro atoms. The number of hydrogen-bond donors (Lipinski definition) is 2. The fourth-order valence-electron chi connectivity index (χ4n) is 3.17. The number of carbonyl (C=O) groups is 1. The summed E-state index contributed by atoms with van der Waals surface area (Å²) < 4.78 is 34.6. The molecule has 0 fully saturated rings. The molecule has 4 aromatic rings. The number of aromatic carboxylic acids is 1. The van der Waals surface area contributed by atoms with Crippen molar-refractivity contribution in [3.05, 3.63) is 70.8 Å². The smallest absolute Gasteiger partial charge is 0.335 e. The summed E-state index contributed by atoms with van der Waals surface area (Å²) in [7, 11) is 0. The number of halogens is 2. The fourth-order valence-corrected chi connectivity index (χ4v) is 3.17. The summed E-state index contributed by atoms with van der Waals surface area (Å²) in [5.74, 6) is -2.08. The van der Waals surface area contributed by atoms with Gasteiger partial charge in [0.05, 0.1) is 16.6 Å². The summed E-state index contributed by atoms with van der Waals surface area (Å²) in [5.41, 5.74) is 3.08. The monoisotopic (exact) mass is 367 g/mol. The highest BCUT2D eigenvalue weighted by Gasteiger charge is 2.22. The number of H-pyrrole nitrogens is 1. The summed E-state index contributed by atoms with van der Waals surface area (Å²) in [6, 6.07) is 11.1. The molecule has 0 aliphatic heterocycles. The first-order valence-electron chi connectivity index (χ1n) is 8.27. The van der Waals surface area contributed by atoms with Crippen LogP contribution in [0.1, 0.15) is 21.5 Å². The Kier molecular flexibility index (Phi) is 3.84. The zero-order valence-corrected chi connectivity index (χ0v) is 14.6. The molecule has 4 nitrogen and oxygen atoms in total. The second-order valence-corrected chi connectivity index (χ2v) is 6.42. The minimum atomic E-state index is -1.00. The van der Waals surface area contributed by atoms with Crippen LogP contribution in [0.2, 0.25) is 0 Å². The summed E-state index contributed by atoms with van der Waals surface area (Å²) in [6.45, 7) is 3.19. The van der Waals surface area contributed by atoms with Gasteiger partial charge >= 0.3 is 5.97 Å². The Morgan fingerprint density at radius 3 is 2.37 bits per heavy atom. The van der Waals surface area contributed by atoms with E-state index >= 15 is 0 Å². The maximum absolute atomic E-state index is 14.9. The SMILES string of the molecule is Cc1cc(F)c(C)c2c(F)c(-c3ccc(-c4ccc(C(=O)O)cc4)[nH]3)oc12. The molecule has 0 radical (unpaired) electrons. The molecule has 0 bridgehead atoms. The molecule has 27 heavy (non-hydrogen) atoms. The van der Waals surface area contributed by atoms with Crippen LogP contribution in [-0.2, 0) is 0 Å². The maximum Gasteiger partial charge on any atom is 0.335 e. The van der Waals surface area contributed by atoms with Crippen LogP contribution in [0.4, 0.5) is 8.78 Å². The lowest BCUT2D eigenvalue weighted by Crippen LogP contribution is -1.94. The Labute approximate surface area is 153 Å². The van der Waals surface area contributed by atoms with Crippen LogP contribution in [0.25, 0.3) is 33.7 Å². The second kappa shape index (κ2) is 6.09. The number of rotatable bonds is 3. The lowest BCUT2D eigenvalue weighted by Gasteiger charge is -2.00. The van der Waals surface area contributed by atoms with E-state index in [0.29, 0.717) is 22.5 Å². The number of furan rings is 1. The van der Waals surface area contributed by atoms with Crippen LogP contribution in [-0.4, -0.2) is 16.1 Å². The van der Waals surface area contributed by atoms with Gasteiger partial charge in [0, 0.05) is 5.69 Å². The third-order valence-electron chi connectivity index (χ3n) is 4.66. The molecular formula is C21H15F2NO3. The minimum Gasteiger partial charge on any atom is -0.478 e. The van der Waals surface area contributed by atoms with E-state index in [1.807, 2.05) is 0 Å². The molecule has 0 saturated heterocycles. The summed E-state index contributed by atoms with van der Waals surface area (Å²) in [6.07, 6.45) is 0. The number of hydrogen-bond acceptors (Lipinski definition) is 2. The molecule has 0 aliphatic carbocycles. The number of aromatic amines is 1. The second-order valence-electron chi connectivity index (χ2n) is 6.42. The Morgan fingerprint density at radius 2 is 1.70 bits per heavy atom. The van der Waals surface area contributed by atoms with Crippen LogP contribution < -0.4 is 0 Å². The molecular weight excluding hydrogens is 352 g/mol. The standard InChI is InChI=1S/C21H15F2NO3/c1-10-9-14(22)11(2)17-18(23)20(27-19(10)17)16-8-7-15(24-16)12-3-5-13(6-4-12)21(25)26/h3-9,24H,1-2H3,(H,25,26). The van der Waals surface area contributed by atoms with E-state index in [-0.39, 0.29) is 22.3 Å². The van der Waals surface area contributed by atoms with Crippen molar-refractivity contribution >= 4 is 16.9 Å². The van der Waals surface area contributed by atoms with E-state index in [4.69, 9.17) is 9.52 Å². The third-order valence-corrected chi connectivity index (χ3v) is 4.66. The molecule has 2 heterocycles. The predicted octanol–water partition coefficient (Wildman–Crippen LogP) is 5.69. The molecule has 136 valence electrons. The number of aromatic nitrogens is 1. The van der Waals surface area contributed by atoms with E-state index in [1.165, 1.54) is 25.1 Å². The number of aryl methyl sites for hydroxylation is 2. The zero-order valence-electron chi connectivity index (χ0n) is 14.6. The van der Waals surface area contributed by atoms with Gasteiger partial charge in [0.1, 0.15) is 11.4 Å². The van der Waals surface area contributed by atoms with Gasteiger partial charge in [-0.25, -0.2) is 13.6 Å². The zero-order chi connectivity index (χ0) is 19.3. The van der Waals surface area contributed by atoms with Crippen molar-refractivity contribution in [3.63, 3.8) is 0 Å². The van der Waals surface area contributed by atoms with Crippen molar-refractivity contribution in [2.75, 3.05) is 0 Å². The van der Waals surface area contributed by atoms with Crippen molar-refractivity contribution < 1.29 is 23.1 Å². The van der Waals surface area contributed by atoms with E-state index in [0.717, 1.165) is 5.56 Å². The highest BCUT2D eigenvalue weighted by Crippen LogP contribution is 2.37. The Bertz CT molecular complexity index is 1190. The first-order chi connectivity index (χ1) is 12.9. The molecule has 0 atom stereocenters. The van der Waals surface area contributed by atoms with E-state index in [2.05, 4.69) is 4.98 Å². The number of nitrogens with one attached hydrogen (secondary N) is 1. The molecule has 2 aromatic heterocycles.